The molecule has 2 aromatic carbocycles. The number of anilines is 1. The first-order valence-corrected chi connectivity index (χ1v) is 9.94. The zero-order chi connectivity index (χ0) is 21.8. The third kappa shape index (κ3) is 4.45. The molecule has 0 aliphatic heterocycles. The van der Waals surface area contributed by atoms with E-state index < -0.39 is 0 Å². The monoisotopic (exact) mass is 414 g/mol. The van der Waals surface area contributed by atoms with E-state index in [-0.39, 0.29) is 24.5 Å². The van der Waals surface area contributed by atoms with Crippen LogP contribution in [0.1, 0.15) is 28.9 Å². The second-order valence-electron chi connectivity index (χ2n) is 7.12. The molecular formula is C24H22N4O3. The Bertz CT molecular complexity index is 1260. The zero-order valence-corrected chi connectivity index (χ0v) is 17.3. The molecule has 0 unspecified atom stereocenters. The van der Waals surface area contributed by atoms with Crippen molar-refractivity contribution in [3.05, 3.63) is 78.0 Å². The highest BCUT2D eigenvalue weighted by Crippen LogP contribution is 2.21. The fourth-order valence-corrected chi connectivity index (χ4v) is 3.38. The summed E-state index contributed by atoms with van der Waals surface area (Å²) in [7, 11) is 1.52. The number of ether oxygens (including phenoxy) is 1. The Labute approximate surface area is 179 Å². The van der Waals surface area contributed by atoms with Crippen LogP contribution in [0.4, 0.5) is 5.82 Å². The van der Waals surface area contributed by atoms with Crippen LogP contribution in [0.2, 0.25) is 0 Å². The van der Waals surface area contributed by atoms with E-state index >= 15 is 0 Å². The Hall–Kier alpha value is -4.00. The van der Waals surface area contributed by atoms with Crippen LogP contribution in [0.3, 0.4) is 0 Å². The highest BCUT2D eigenvalue weighted by atomic mass is 16.5. The van der Waals surface area contributed by atoms with Gasteiger partial charge in [-0.05, 0) is 37.3 Å². The fraction of sp³-hybridized carbons (Fsp3) is 0.167. The van der Waals surface area contributed by atoms with Crippen LogP contribution in [-0.4, -0.2) is 33.6 Å². The number of carbonyl (C=O) groups excluding carboxylic acids is 2. The molecule has 4 rings (SSSR count). The van der Waals surface area contributed by atoms with Crippen molar-refractivity contribution in [3.8, 4) is 11.6 Å². The van der Waals surface area contributed by atoms with Gasteiger partial charge in [0.2, 0.25) is 5.91 Å². The molecule has 31 heavy (non-hydrogen) atoms. The Morgan fingerprint density at radius 1 is 1.00 bits per heavy atom. The number of benzene rings is 2. The second kappa shape index (κ2) is 8.79. The molecule has 2 aromatic heterocycles. The van der Waals surface area contributed by atoms with E-state index in [9.17, 15) is 9.59 Å². The quantitative estimate of drug-likeness (QED) is 0.455. The largest absolute Gasteiger partial charge is 0.496 e. The molecule has 0 radical (unpaired) electrons. The topological polar surface area (TPSA) is 86.1 Å². The van der Waals surface area contributed by atoms with Gasteiger partial charge >= 0.3 is 0 Å². The van der Waals surface area contributed by atoms with E-state index in [0.29, 0.717) is 22.9 Å². The summed E-state index contributed by atoms with van der Waals surface area (Å²) in [5, 5.41) is 8.34. The van der Waals surface area contributed by atoms with Crippen molar-refractivity contribution in [2.75, 3.05) is 12.4 Å². The molecule has 7 nitrogen and oxygen atoms in total. The third-order valence-electron chi connectivity index (χ3n) is 4.89. The van der Waals surface area contributed by atoms with Crippen LogP contribution in [0.25, 0.3) is 16.7 Å². The minimum atomic E-state index is -0.273. The van der Waals surface area contributed by atoms with Crippen LogP contribution in [0.15, 0.2) is 66.7 Å². The van der Waals surface area contributed by atoms with Gasteiger partial charge in [0.05, 0.1) is 23.9 Å². The summed E-state index contributed by atoms with van der Waals surface area (Å²) in [4.78, 5) is 29.7. The summed E-state index contributed by atoms with van der Waals surface area (Å²) >= 11 is 0. The lowest BCUT2D eigenvalue weighted by molar-refractivity contribution is -0.116. The minimum absolute atomic E-state index is 0.0479. The van der Waals surface area contributed by atoms with Crippen molar-refractivity contribution in [1.29, 1.82) is 0 Å². The molecule has 2 heterocycles. The van der Waals surface area contributed by atoms with Gasteiger partial charge in [0.15, 0.2) is 11.6 Å². The van der Waals surface area contributed by atoms with E-state index in [1.54, 1.807) is 35.0 Å². The average Bonchev–Trinajstić information content (AvgIpc) is 3.16. The van der Waals surface area contributed by atoms with Gasteiger partial charge in [-0.3, -0.25) is 9.59 Å². The van der Waals surface area contributed by atoms with Crippen LogP contribution >= 0.6 is 0 Å². The molecule has 0 aliphatic carbocycles. The van der Waals surface area contributed by atoms with Gasteiger partial charge in [0, 0.05) is 24.3 Å². The maximum Gasteiger partial charge on any atom is 0.225 e. The summed E-state index contributed by atoms with van der Waals surface area (Å²) in [5.41, 5.74) is 2.06. The number of Topliss-reactive ketones (excluding diaryl/α,β-unsaturated/α-hetero) is 1. The Morgan fingerprint density at radius 2 is 1.77 bits per heavy atom. The van der Waals surface area contributed by atoms with Gasteiger partial charge in [-0.25, -0.2) is 4.98 Å². The number of aromatic nitrogens is 3. The minimum Gasteiger partial charge on any atom is -0.496 e. The summed E-state index contributed by atoms with van der Waals surface area (Å²) in [5.74, 6) is 1.20. The van der Waals surface area contributed by atoms with E-state index in [0.717, 1.165) is 16.6 Å². The Kier molecular flexibility index (Phi) is 5.75. The number of ketones is 1. The number of hydrogen-bond donors (Lipinski definition) is 1. The van der Waals surface area contributed by atoms with Gasteiger partial charge in [-0.15, -0.1) is 0 Å². The van der Waals surface area contributed by atoms with E-state index in [2.05, 4.69) is 15.4 Å². The highest BCUT2D eigenvalue weighted by Gasteiger charge is 2.16. The predicted molar refractivity (Wildman–Crippen MR) is 119 cm³/mol. The molecule has 1 N–H and O–H groups in total. The Morgan fingerprint density at radius 3 is 2.61 bits per heavy atom. The first kappa shape index (κ1) is 20.3. The van der Waals surface area contributed by atoms with Gasteiger partial charge in [0.25, 0.3) is 0 Å². The maximum atomic E-state index is 12.6. The number of amides is 1. The van der Waals surface area contributed by atoms with Crippen molar-refractivity contribution >= 4 is 28.4 Å². The number of aryl methyl sites for hydroxylation is 1. The first-order valence-electron chi connectivity index (χ1n) is 9.94. The molecule has 156 valence electrons. The van der Waals surface area contributed by atoms with E-state index in [1.807, 2.05) is 43.3 Å². The van der Waals surface area contributed by atoms with Crippen molar-refractivity contribution in [2.24, 2.45) is 0 Å². The van der Waals surface area contributed by atoms with Crippen LogP contribution < -0.4 is 10.1 Å². The van der Waals surface area contributed by atoms with Crippen LogP contribution in [0.5, 0.6) is 5.75 Å². The molecule has 0 saturated heterocycles. The highest BCUT2D eigenvalue weighted by molar-refractivity contribution is 6.01. The second-order valence-corrected chi connectivity index (χ2v) is 7.12. The van der Waals surface area contributed by atoms with Crippen molar-refractivity contribution < 1.29 is 14.3 Å². The lowest BCUT2D eigenvalue weighted by atomic mass is 10.1. The molecule has 4 aromatic rings. The van der Waals surface area contributed by atoms with Gasteiger partial charge in [-0.1, -0.05) is 30.3 Å². The molecule has 0 aliphatic rings. The number of hydrogen-bond acceptors (Lipinski definition) is 5. The Balaban J connectivity index is 1.48. The molecule has 0 spiro atoms. The number of rotatable bonds is 7. The lowest BCUT2D eigenvalue weighted by Gasteiger charge is -2.10. The normalized spacial score (nSPS) is 10.8. The molecular weight excluding hydrogens is 392 g/mol. The molecule has 0 atom stereocenters. The fourth-order valence-electron chi connectivity index (χ4n) is 3.38. The summed E-state index contributed by atoms with van der Waals surface area (Å²) in [6, 6.07) is 20.4. The first-order chi connectivity index (χ1) is 15.0. The number of para-hydroxylation sites is 2. The van der Waals surface area contributed by atoms with E-state index in [1.165, 1.54) is 7.11 Å². The van der Waals surface area contributed by atoms with Crippen molar-refractivity contribution in [2.45, 2.75) is 19.8 Å². The molecule has 0 fully saturated rings. The molecule has 7 heteroatoms. The molecule has 0 saturated carbocycles. The number of pyridine rings is 1. The summed E-state index contributed by atoms with van der Waals surface area (Å²) in [6.45, 7) is 1.85. The molecule has 1 amide bonds. The average molecular weight is 414 g/mol. The summed E-state index contributed by atoms with van der Waals surface area (Å²) < 4.78 is 6.83. The van der Waals surface area contributed by atoms with Crippen molar-refractivity contribution in [1.82, 2.24) is 14.8 Å². The third-order valence-corrected chi connectivity index (χ3v) is 4.89. The maximum absolute atomic E-state index is 12.6. The number of nitrogens with zero attached hydrogens (tertiary/aromatic N) is 3. The smallest absolute Gasteiger partial charge is 0.225 e. The number of carbonyl (C=O) groups is 2. The van der Waals surface area contributed by atoms with Gasteiger partial charge in [-0.2, -0.15) is 9.78 Å². The zero-order valence-electron chi connectivity index (χ0n) is 17.3. The summed E-state index contributed by atoms with van der Waals surface area (Å²) in [6.07, 6.45) is 0.125. The van der Waals surface area contributed by atoms with Gasteiger partial charge in [0.1, 0.15) is 11.6 Å². The lowest BCUT2D eigenvalue weighted by Crippen LogP contribution is -2.16. The van der Waals surface area contributed by atoms with Gasteiger partial charge < -0.3 is 10.1 Å². The van der Waals surface area contributed by atoms with Crippen molar-refractivity contribution in [3.63, 3.8) is 0 Å². The molecule has 0 bridgehead atoms. The standard InChI is InChI=1S/C24H22N4O3/c1-16-15-23(28(27-16)22-13-11-17-7-3-5-9-19(17)25-22)26-24(30)14-12-20(29)18-8-4-6-10-21(18)31-2/h3-11,13,15H,12,14H2,1-2H3,(H,26,30). The van der Waals surface area contributed by atoms with Crippen LogP contribution in [-0.2, 0) is 4.79 Å². The van der Waals surface area contributed by atoms with Crippen LogP contribution in [0, 0.1) is 6.92 Å². The predicted octanol–water partition coefficient (Wildman–Crippen LogP) is 4.34. The SMILES string of the molecule is COc1ccccc1C(=O)CCC(=O)Nc1cc(C)nn1-c1ccc2ccccc2n1. The van der Waals surface area contributed by atoms with E-state index in [4.69, 9.17) is 4.74 Å². The number of fused-ring (bicyclic) bond motifs is 1. The number of nitrogens with one attached hydrogen (secondary N) is 1. The number of methoxy groups -OCH3 is 1.